The molecule has 1 aliphatic heterocycles. The van der Waals surface area contributed by atoms with E-state index in [1.54, 1.807) is 19.1 Å². The second-order valence-corrected chi connectivity index (χ2v) is 10.6. The number of likely N-dealkylation sites (tertiary alicyclic amines) is 1. The molecule has 2 atom stereocenters. The maximum atomic E-state index is 12.5. The fourth-order valence-corrected chi connectivity index (χ4v) is 4.53. The summed E-state index contributed by atoms with van der Waals surface area (Å²) in [5.74, 6) is 1.22. The van der Waals surface area contributed by atoms with Gasteiger partial charge >= 0.3 is 0 Å². The van der Waals surface area contributed by atoms with Gasteiger partial charge < -0.3 is 5.32 Å². The van der Waals surface area contributed by atoms with E-state index in [0.717, 1.165) is 13.1 Å². The minimum atomic E-state index is -3.24. The first kappa shape index (κ1) is 20.9. The summed E-state index contributed by atoms with van der Waals surface area (Å²) in [5.41, 5.74) is 0.362. The van der Waals surface area contributed by atoms with Crippen LogP contribution < -0.4 is 5.32 Å². The molecule has 0 aromatic heterocycles. The number of piperidine rings is 1. The number of rotatable bonds is 6. The third-order valence-corrected chi connectivity index (χ3v) is 7.01. The first-order valence-corrected chi connectivity index (χ1v) is 11.1. The Hall–Kier alpha value is -1.40. The van der Waals surface area contributed by atoms with Gasteiger partial charge in [0.15, 0.2) is 9.84 Å². The number of benzene rings is 1. The smallest absolute Gasteiger partial charge is 0.251 e. The Balaban J connectivity index is 1.99. The van der Waals surface area contributed by atoms with Crippen LogP contribution in [-0.4, -0.2) is 50.2 Å². The maximum Gasteiger partial charge on any atom is 0.251 e. The molecule has 1 fully saturated rings. The number of carbonyl (C=O) groups is 1. The van der Waals surface area contributed by atoms with Gasteiger partial charge in [0.05, 0.1) is 10.6 Å². The van der Waals surface area contributed by atoms with Crippen molar-refractivity contribution in [2.24, 2.45) is 11.8 Å². The SMILES string of the molecule is CCS(=O)(=O)c1ccc(C(=O)NCC(C)(C)N2CC(C)CC(C)C2)cc1. The molecule has 146 valence electrons. The fraction of sp³-hybridized carbons (Fsp3) is 0.650. The number of hydrogen-bond acceptors (Lipinski definition) is 4. The number of carbonyl (C=O) groups excluding carboxylic acids is 1. The molecule has 1 heterocycles. The zero-order valence-corrected chi connectivity index (χ0v) is 17.4. The average molecular weight is 381 g/mol. The number of sulfone groups is 1. The van der Waals surface area contributed by atoms with E-state index in [-0.39, 0.29) is 22.1 Å². The molecule has 1 saturated heterocycles. The van der Waals surface area contributed by atoms with Crippen LogP contribution in [0.15, 0.2) is 29.2 Å². The molecular formula is C20H32N2O3S. The predicted octanol–water partition coefficient (Wildman–Crippen LogP) is 2.97. The second-order valence-electron chi connectivity index (χ2n) is 8.27. The monoisotopic (exact) mass is 380 g/mol. The van der Waals surface area contributed by atoms with Crippen molar-refractivity contribution in [3.05, 3.63) is 29.8 Å². The van der Waals surface area contributed by atoms with Gasteiger partial charge in [-0.25, -0.2) is 8.42 Å². The number of hydrogen-bond donors (Lipinski definition) is 1. The summed E-state index contributed by atoms with van der Waals surface area (Å²) in [4.78, 5) is 15.2. The van der Waals surface area contributed by atoms with Gasteiger partial charge in [-0.3, -0.25) is 9.69 Å². The van der Waals surface area contributed by atoms with Crippen LogP contribution in [-0.2, 0) is 9.84 Å². The van der Waals surface area contributed by atoms with Gasteiger partial charge in [-0.05, 0) is 56.4 Å². The summed E-state index contributed by atoms with van der Waals surface area (Å²) in [6, 6.07) is 6.17. The highest BCUT2D eigenvalue weighted by Crippen LogP contribution is 2.27. The maximum absolute atomic E-state index is 12.5. The Morgan fingerprint density at radius 1 is 1.15 bits per heavy atom. The first-order valence-electron chi connectivity index (χ1n) is 9.41. The van der Waals surface area contributed by atoms with E-state index in [2.05, 4.69) is 37.9 Å². The van der Waals surface area contributed by atoms with E-state index in [9.17, 15) is 13.2 Å². The van der Waals surface area contributed by atoms with Gasteiger partial charge in [0.25, 0.3) is 5.91 Å². The van der Waals surface area contributed by atoms with Crippen molar-refractivity contribution in [2.75, 3.05) is 25.4 Å². The Morgan fingerprint density at radius 2 is 1.69 bits per heavy atom. The van der Waals surface area contributed by atoms with Crippen molar-refractivity contribution in [2.45, 2.75) is 51.5 Å². The molecule has 5 nitrogen and oxygen atoms in total. The van der Waals surface area contributed by atoms with Crippen LogP contribution in [0.2, 0.25) is 0 Å². The van der Waals surface area contributed by atoms with E-state index < -0.39 is 9.84 Å². The highest BCUT2D eigenvalue weighted by Gasteiger charge is 2.32. The fourth-order valence-electron chi connectivity index (χ4n) is 3.65. The molecule has 1 aromatic rings. The molecule has 1 aromatic carbocycles. The van der Waals surface area contributed by atoms with E-state index in [1.165, 1.54) is 18.6 Å². The molecule has 0 spiro atoms. The molecule has 6 heteroatoms. The van der Waals surface area contributed by atoms with Crippen molar-refractivity contribution in [1.82, 2.24) is 10.2 Å². The van der Waals surface area contributed by atoms with Crippen molar-refractivity contribution in [3.8, 4) is 0 Å². The largest absolute Gasteiger partial charge is 0.350 e. The van der Waals surface area contributed by atoms with Gasteiger partial charge in [-0.15, -0.1) is 0 Å². The van der Waals surface area contributed by atoms with Gasteiger partial charge in [-0.2, -0.15) is 0 Å². The molecule has 1 aliphatic rings. The van der Waals surface area contributed by atoms with Crippen molar-refractivity contribution in [3.63, 3.8) is 0 Å². The Bertz CT molecular complexity index is 716. The first-order chi connectivity index (χ1) is 12.0. The second kappa shape index (κ2) is 8.09. The summed E-state index contributed by atoms with van der Waals surface area (Å²) in [6.07, 6.45) is 1.26. The zero-order chi connectivity index (χ0) is 19.5. The van der Waals surface area contributed by atoms with Crippen molar-refractivity contribution >= 4 is 15.7 Å². The average Bonchev–Trinajstić information content (AvgIpc) is 2.59. The third kappa shape index (κ3) is 5.07. The summed E-state index contributed by atoms with van der Waals surface area (Å²) < 4.78 is 23.7. The van der Waals surface area contributed by atoms with Crippen LogP contribution in [0.3, 0.4) is 0 Å². The Kier molecular flexibility index (Phi) is 6.51. The molecule has 1 N–H and O–H groups in total. The summed E-state index contributed by atoms with van der Waals surface area (Å²) in [7, 11) is -3.24. The quantitative estimate of drug-likeness (QED) is 0.824. The van der Waals surface area contributed by atoms with E-state index in [1.807, 2.05) is 0 Å². The molecule has 0 radical (unpaired) electrons. The molecular weight excluding hydrogens is 348 g/mol. The highest BCUT2D eigenvalue weighted by atomic mass is 32.2. The van der Waals surface area contributed by atoms with E-state index >= 15 is 0 Å². The lowest BCUT2D eigenvalue weighted by atomic mass is 9.88. The molecule has 1 amide bonds. The summed E-state index contributed by atoms with van der Waals surface area (Å²) in [6.45, 7) is 13.2. The van der Waals surface area contributed by atoms with Crippen LogP contribution in [0.4, 0.5) is 0 Å². The van der Waals surface area contributed by atoms with Crippen LogP contribution in [0.25, 0.3) is 0 Å². The van der Waals surface area contributed by atoms with E-state index in [0.29, 0.717) is 23.9 Å². The lowest BCUT2D eigenvalue weighted by Crippen LogP contribution is -2.56. The highest BCUT2D eigenvalue weighted by molar-refractivity contribution is 7.91. The van der Waals surface area contributed by atoms with Crippen molar-refractivity contribution < 1.29 is 13.2 Å². The minimum Gasteiger partial charge on any atom is -0.350 e. The van der Waals surface area contributed by atoms with Gasteiger partial charge in [0.2, 0.25) is 0 Å². The van der Waals surface area contributed by atoms with Gasteiger partial charge in [0, 0.05) is 30.7 Å². The van der Waals surface area contributed by atoms with Crippen LogP contribution >= 0.6 is 0 Å². The topological polar surface area (TPSA) is 66.5 Å². The molecule has 0 aliphatic carbocycles. The lowest BCUT2D eigenvalue weighted by Gasteiger charge is -2.45. The van der Waals surface area contributed by atoms with Gasteiger partial charge in [0.1, 0.15) is 0 Å². The molecule has 2 rings (SSSR count). The van der Waals surface area contributed by atoms with Crippen LogP contribution in [0, 0.1) is 11.8 Å². The van der Waals surface area contributed by atoms with E-state index in [4.69, 9.17) is 0 Å². The molecule has 0 saturated carbocycles. The number of nitrogens with one attached hydrogen (secondary N) is 1. The number of amides is 1. The zero-order valence-electron chi connectivity index (χ0n) is 16.6. The lowest BCUT2D eigenvalue weighted by molar-refractivity contribution is 0.0445. The van der Waals surface area contributed by atoms with Gasteiger partial charge in [-0.1, -0.05) is 20.8 Å². The number of nitrogens with zero attached hydrogens (tertiary/aromatic N) is 1. The summed E-state index contributed by atoms with van der Waals surface area (Å²) in [5, 5.41) is 3.01. The third-order valence-electron chi connectivity index (χ3n) is 5.26. The summed E-state index contributed by atoms with van der Waals surface area (Å²) >= 11 is 0. The molecule has 26 heavy (non-hydrogen) atoms. The normalized spacial score (nSPS) is 22.2. The molecule has 2 unspecified atom stereocenters. The minimum absolute atomic E-state index is 0.0550. The van der Waals surface area contributed by atoms with Crippen LogP contribution in [0.5, 0.6) is 0 Å². The molecule has 0 bridgehead atoms. The predicted molar refractivity (Wildman–Crippen MR) is 105 cm³/mol. The Morgan fingerprint density at radius 3 is 2.19 bits per heavy atom. The van der Waals surface area contributed by atoms with Crippen molar-refractivity contribution in [1.29, 1.82) is 0 Å². The van der Waals surface area contributed by atoms with Crippen LogP contribution in [0.1, 0.15) is 51.4 Å². The standard InChI is InChI=1S/C20H32N2O3S/c1-6-26(24,25)18-9-7-17(8-10-18)19(23)21-14-20(4,5)22-12-15(2)11-16(3)13-22/h7-10,15-16H,6,11-14H2,1-5H3,(H,21,23). The Labute approximate surface area is 158 Å².